The van der Waals surface area contributed by atoms with Crippen LogP contribution in [0.5, 0.6) is 0 Å². The molecule has 3 amide bonds. The summed E-state index contributed by atoms with van der Waals surface area (Å²) in [5, 5.41) is 7.82. The molecule has 0 spiro atoms. The van der Waals surface area contributed by atoms with E-state index in [0.717, 1.165) is 22.3 Å². The van der Waals surface area contributed by atoms with Gasteiger partial charge in [-0.3, -0.25) is 14.4 Å². The molecule has 1 aliphatic rings. The number of hydrogen-bond donors (Lipinski definition) is 3. The zero-order chi connectivity index (χ0) is 34.1. The second-order valence-electron chi connectivity index (χ2n) is 13.5. The summed E-state index contributed by atoms with van der Waals surface area (Å²) >= 11 is 0. The zero-order valence-electron chi connectivity index (χ0n) is 27.9. The van der Waals surface area contributed by atoms with Gasteiger partial charge in [-0.25, -0.2) is 9.59 Å². The largest absolute Gasteiger partial charge is 0.460 e. The second-order valence-corrected chi connectivity index (χ2v) is 13.5. The summed E-state index contributed by atoms with van der Waals surface area (Å²) in [7, 11) is 0. The monoisotopic (exact) mass is 637 g/mol. The third kappa shape index (κ3) is 11.5. The Kier molecular flexibility index (Phi) is 12.3. The fourth-order valence-corrected chi connectivity index (χ4v) is 5.05. The van der Waals surface area contributed by atoms with E-state index in [2.05, 4.69) is 28.1 Å². The first-order valence-electron chi connectivity index (χ1n) is 15.6. The molecule has 2 atom stereocenters. The van der Waals surface area contributed by atoms with E-state index in [4.69, 9.17) is 14.2 Å². The minimum absolute atomic E-state index is 0.0252. The van der Waals surface area contributed by atoms with Crippen LogP contribution in [0.2, 0.25) is 0 Å². The van der Waals surface area contributed by atoms with Gasteiger partial charge in [-0.2, -0.15) is 0 Å². The van der Waals surface area contributed by atoms with Crippen molar-refractivity contribution in [1.82, 2.24) is 16.0 Å². The Morgan fingerprint density at radius 3 is 1.87 bits per heavy atom. The topological polar surface area (TPSA) is 149 Å². The van der Waals surface area contributed by atoms with Gasteiger partial charge in [0.25, 0.3) is 0 Å². The van der Waals surface area contributed by atoms with Crippen molar-refractivity contribution in [3.63, 3.8) is 0 Å². The fraction of sp³-hybridized carbons (Fsp3) is 0.514. The maximum Gasteiger partial charge on any atom is 0.407 e. The predicted molar refractivity (Wildman–Crippen MR) is 173 cm³/mol. The number of rotatable bonds is 13. The van der Waals surface area contributed by atoms with Crippen LogP contribution in [-0.2, 0) is 33.4 Å². The number of ether oxygens (including phenoxy) is 3. The van der Waals surface area contributed by atoms with Crippen molar-refractivity contribution in [2.45, 2.75) is 103 Å². The summed E-state index contributed by atoms with van der Waals surface area (Å²) in [4.78, 5) is 62.5. The highest BCUT2D eigenvalue weighted by Gasteiger charge is 2.30. The van der Waals surface area contributed by atoms with Crippen LogP contribution in [0, 0.1) is 0 Å². The first kappa shape index (κ1) is 36.1. The molecule has 2 unspecified atom stereocenters. The minimum Gasteiger partial charge on any atom is -0.460 e. The molecule has 2 aromatic carbocycles. The van der Waals surface area contributed by atoms with Crippen LogP contribution in [0.3, 0.4) is 0 Å². The van der Waals surface area contributed by atoms with Crippen molar-refractivity contribution in [2.24, 2.45) is 0 Å². The summed E-state index contributed by atoms with van der Waals surface area (Å²) in [5.74, 6) is -2.27. The maximum atomic E-state index is 12.7. The van der Waals surface area contributed by atoms with Gasteiger partial charge in [0.15, 0.2) is 0 Å². The van der Waals surface area contributed by atoms with Crippen LogP contribution >= 0.6 is 0 Å². The van der Waals surface area contributed by atoms with Crippen molar-refractivity contribution in [3.8, 4) is 11.1 Å². The molecule has 0 aromatic heterocycles. The van der Waals surface area contributed by atoms with Crippen LogP contribution in [0.4, 0.5) is 4.79 Å². The first-order chi connectivity index (χ1) is 21.5. The third-order valence-corrected chi connectivity index (χ3v) is 7.04. The Hall–Kier alpha value is -4.41. The van der Waals surface area contributed by atoms with Gasteiger partial charge < -0.3 is 30.2 Å². The van der Waals surface area contributed by atoms with Crippen molar-refractivity contribution in [1.29, 1.82) is 0 Å². The molecule has 0 saturated heterocycles. The minimum atomic E-state index is -1.10. The lowest BCUT2D eigenvalue weighted by atomic mass is 9.98. The Morgan fingerprint density at radius 1 is 0.739 bits per heavy atom. The second kappa shape index (κ2) is 15.7. The molecule has 2 aromatic rings. The maximum absolute atomic E-state index is 12.7. The van der Waals surface area contributed by atoms with Gasteiger partial charge in [-0.15, -0.1) is 0 Å². The molecule has 0 bridgehead atoms. The van der Waals surface area contributed by atoms with E-state index < -0.39 is 47.1 Å². The highest BCUT2D eigenvalue weighted by molar-refractivity contribution is 5.88. The summed E-state index contributed by atoms with van der Waals surface area (Å²) in [6.45, 7) is 11.9. The quantitative estimate of drug-likeness (QED) is 0.210. The Balaban J connectivity index is 1.41. The Bertz CT molecular complexity index is 1360. The molecule has 250 valence electrons. The normalized spacial score (nSPS) is 13.8. The van der Waals surface area contributed by atoms with E-state index in [1.54, 1.807) is 48.5 Å². The van der Waals surface area contributed by atoms with E-state index >= 15 is 0 Å². The van der Waals surface area contributed by atoms with Crippen LogP contribution < -0.4 is 16.0 Å². The van der Waals surface area contributed by atoms with Crippen LogP contribution in [0.1, 0.15) is 91.2 Å². The van der Waals surface area contributed by atoms with Gasteiger partial charge in [0.2, 0.25) is 11.8 Å². The number of benzene rings is 2. The number of carbonyl (C=O) groups is 5. The van der Waals surface area contributed by atoms with Crippen molar-refractivity contribution >= 4 is 29.8 Å². The molecule has 0 saturated carbocycles. The fourth-order valence-electron chi connectivity index (χ4n) is 5.05. The molecule has 0 aliphatic heterocycles. The number of esters is 2. The molecule has 0 fully saturated rings. The molecule has 3 rings (SSSR count). The molecule has 11 heteroatoms. The molecular formula is C35H47N3O8. The third-order valence-electron chi connectivity index (χ3n) is 7.04. The van der Waals surface area contributed by atoms with Gasteiger partial charge in [-0.05, 0) is 83.6 Å². The van der Waals surface area contributed by atoms with Crippen molar-refractivity contribution in [3.05, 3.63) is 59.7 Å². The van der Waals surface area contributed by atoms with Crippen molar-refractivity contribution in [2.75, 3.05) is 13.2 Å². The van der Waals surface area contributed by atoms with Gasteiger partial charge in [0, 0.05) is 24.8 Å². The number of nitrogens with one attached hydrogen (secondary N) is 3. The highest BCUT2D eigenvalue weighted by Crippen LogP contribution is 2.44. The number of carbonyl (C=O) groups excluding carboxylic acids is 5. The lowest BCUT2D eigenvalue weighted by Gasteiger charge is -2.25. The van der Waals surface area contributed by atoms with E-state index in [0.29, 0.717) is 6.42 Å². The highest BCUT2D eigenvalue weighted by atomic mass is 16.6. The lowest BCUT2D eigenvalue weighted by molar-refractivity contribution is -0.160. The van der Waals surface area contributed by atoms with Crippen LogP contribution in [0.15, 0.2) is 48.5 Å². The van der Waals surface area contributed by atoms with Gasteiger partial charge in [0.1, 0.15) is 23.9 Å². The van der Waals surface area contributed by atoms with Crippen LogP contribution in [-0.4, -0.2) is 66.3 Å². The molecule has 0 radical (unpaired) electrons. The number of amides is 3. The molecule has 0 heterocycles. The summed E-state index contributed by atoms with van der Waals surface area (Å²) in [6.07, 6.45) is -0.348. The number of alkyl carbamates (subject to hydrolysis) is 1. The zero-order valence-corrected chi connectivity index (χ0v) is 27.9. The van der Waals surface area contributed by atoms with Gasteiger partial charge in [0.05, 0.1) is 6.54 Å². The molecule has 46 heavy (non-hydrogen) atoms. The SMILES string of the molecule is CC(CCC(=O)NCC(=O)NC(CCC(=O)OC(C)(C)C)C(=O)OC(C)(C)C)NC(=O)OCC1c2ccccc2-c2ccccc21. The van der Waals surface area contributed by atoms with Gasteiger partial charge >= 0.3 is 18.0 Å². The number of hydrogen-bond acceptors (Lipinski definition) is 8. The summed E-state index contributed by atoms with van der Waals surface area (Å²) < 4.78 is 16.3. The Morgan fingerprint density at radius 2 is 1.30 bits per heavy atom. The van der Waals surface area contributed by atoms with E-state index in [-0.39, 0.29) is 44.4 Å². The van der Waals surface area contributed by atoms with Gasteiger partial charge in [-0.1, -0.05) is 48.5 Å². The van der Waals surface area contributed by atoms with E-state index in [1.807, 2.05) is 36.4 Å². The molecule has 1 aliphatic carbocycles. The molecule has 3 N–H and O–H groups in total. The van der Waals surface area contributed by atoms with Crippen LogP contribution in [0.25, 0.3) is 11.1 Å². The predicted octanol–water partition coefficient (Wildman–Crippen LogP) is 4.76. The van der Waals surface area contributed by atoms with E-state index in [9.17, 15) is 24.0 Å². The molecular weight excluding hydrogens is 590 g/mol. The summed E-state index contributed by atoms with van der Waals surface area (Å²) in [6, 6.07) is 14.7. The first-order valence-corrected chi connectivity index (χ1v) is 15.6. The average Bonchev–Trinajstić information content (AvgIpc) is 3.27. The average molecular weight is 638 g/mol. The van der Waals surface area contributed by atoms with E-state index in [1.165, 1.54) is 0 Å². The standard InChI is InChI=1S/C35H47N3O8/c1-22(37-33(43)44-21-27-25-14-10-8-12-23(25)24-13-9-11-15-26(24)27)16-18-29(39)36-20-30(40)38-28(32(42)46-35(5,6)7)17-19-31(41)45-34(2,3)4/h8-15,22,27-28H,16-21H2,1-7H3,(H,36,39)(H,37,43)(H,38,40). The summed E-state index contributed by atoms with van der Waals surface area (Å²) in [5.41, 5.74) is 3.03. The van der Waals surface area contributed by atoms with Crippen molar-refractivity contribution < 1.29 is 38.2 Å². The molecule has 11 nitrogen and oxygen atoms in total. The number of fused-ring (bicyclic) bond motifs is 3. The lowest BCUT2D eigenvalue weighted by Crippen LogP contribution is -2.48. The smallest absolute Gasteiger partial charge is 0.407 e. The Labute approximate surface area is 271 Å².